The molecule has 1 aromatic carbocycles. The first kappa shape index (κ1) is 13.9. The number of fused-ring (bicyclic) bond motifs is 1. The van der Waals surface area contributed by atoms with Gasteiger partial charge in [0.1, 0.15) is 0 Å². The number of rotatable bonds is 3. The smallest absolute Gasteiger partial charge is 0.379 e. The summed E-state index contributed by atoms with van der Waals surface area (Å²) in [5.74, 6) is -0.876. The molecular formula is C13H13BrO5. The van der Waals surface area contributed by atoms with Crippen molar-refractivity contribution in [1.82, 2.24) is 0 Å². The van der Waals surface area contributed by atoms with Gasteiger partial charge in [0.05, 0.1) is 25.4 Å². The predicted molar refractivity (Wildman–Crippen MR) is 70.7 cm³/mol. The number of benzene rings is 1. The van der Waals surface area contributed by atoms with Crippen molar-refractivity contribution in [2.24, 2.45) is 0 Å². The predicted octanol–water partition coefficient (Wildman–Crippen LogP) is 2.36. The summed E-state index contributed by atoms with van der Waals surface area (Å²) >= 11 is 3.26. The molecule has 0 unspecified atom stereocenters. The van der Waals surface area contributed by atoms with E-state index in [-0.39, 0.29) is 12.2 Å². The molecule has 1 heterocycles. The third-order valence-corrected chi connectivity index (χ3v) is 3.21. The maximum absolute atomic E-state index is 12.1. The third kappa shape index (κ3) is 2.89. The van der Waals surface area contributed by atoms with Gasteiger partial charge in [-0.15, -0.1) is 0 Å². The summed E-state index contributed by atoms with van der Waals surface area (Å²) < 4.78 is 16.2. The van der Waals surface area contributed by atoms with Crippen molar-refractivity contribution in [3.63, 3.8) is 0 Å². The van der Waals surface area contributed by atoms with Crippen LogP contribution in [-0.4, -0.2) is 31.6 Å². The molecule has 102 valence electrons. The first-order chi connectivity index (χ1) is 9.15. The summed E-state index contributed by atoms with van der Waals surface area (Å²) in [5, 5.41) is 0. The van der Waals surface area contributed by atoms with E-state index < -0.39 is 11.8 Å². The van der Waals surface area contributed by atoms with Gasteiger partial charge >= 0.3 is 5.97 Å². The molecule has 0 saturated carbocycles. The number of hydrogen-bond donors (Lipinski definition) is 0. The van der Waals surface area contributed by atoms with Crippen LogP contribution in [0.1, 0.15) is 23.7 Å². The minimum absolute atomic E-state index is 0.147. The first-order valence-electron chi connectivity index (χ1n) is 5.94. The van der Waals surface area contributed by atoms with E-state index in [0.717, 1.165) is 6.42 Å². The van der Waals surface area contributed by atoms with Gasteiger partial charge in [-0.1, -0.05) is 0 Å². The molecule has 0 saturated heterocycles. The second-order valence-electron chi connectivity index (χ2n) is 3.85. The highest BCUT2D eigenvalue weighted by atomic mass is 79.9. The molecule has 1 aliphatic heterocycles. The average Bonchev–Trinajstić information content (AvgIpc) is 2.63. The molecule has 0 radical (unpaired) electrons. The molecule has 0 aromatic heterocycles. The molecule has 2 rings (SSSR count). The van der Waals surface area contributed by atoms with Crippen LogP contribution in [-0.2, 0) is 9.53 Å². The molecule has 19 heavy (non-hydrogen) atoms. The minimum atomic E-state index is -0.899. The number of ketones is 1. The molecule has 0 atom stereocenters. The topological polar surface area (TPSA) is 61.8 Å². The summed E-state index contributed by atoms with van der Waals surface area (Å²) in [6.45, 7) is 2.74. The van der Waals surface area contributed by atoms with E-state index in [9.17, 15) is 9.59 Å². The van der Waals surface area contributed by atoms with E-state index in [1.165, 1.54) is 0 Å². The van der Waals surface area contributed by atoms with Gasteiger partial charge in [-0.2, -0.15) is 0 Å². The van der Waals surface area contributed by atoms with E-state index in [1.807, 2.05) is 0 Å². The Hall–Kier alpha value is -1.56. The zero-order valence-electron chi connectivity index (χ0n) is 10.4. The number of carbonyl (C=O) groups excluding carboxylic acids is 2. The Balaban J connectivity index is 2.44. The average molecular weight is 329 g/mol. The number of esters is 1. The SMILES string of the molecule is CCOC(=O)C(=O)c1c(Br)ccc2c1OCCCO2. The van der Waals surface area contributed by atoms with Crippen LogP contribution in [0, 0.1) is 0 Å². The fraction of sp³-hybridized carbons (Fsp3) is 0.385. The lowest BCUT2D eigenvalue weighted by Crippen LogP contribution is -2.19. The zero-order chi connectivity index (χ0) is 13.8. The lowest BCUT2D eigenvalue weighted by molar-refractivity contribution is -0.137. The fourth-order valence-corrected chi connectivity index (χ4v) is 2.21. The second kappa shape index (κ2) is 6.06. The van der Waals surface area contributed by atoms with E-state index in [1.54, 1.807) is 19.1 Å². The summed E-state index contributed by atoms with van der Waals surface area (Å²) in [5.41, 5.74) is 0.151. The Kier molecular flexibility index (Phi) is 4.42. The molecule has 1 aliphatic rings. The standard InChI is InChI=1S/C13H13BrO5/c1-2-17-13(16)11(15)10-8(14)4-5-9-12(10)19-7-3-6-18-9/h4-5H,2-3,6-7H2,1H3. The molecule has 0 amide bonds. The molecule has 6 heteroatoms. The molecule has 5 nitrogen and oxygen atoms in total. The van der Waals surface area contributed by atoms with Crippen molar-refractivity contribution in [3.8, 4) is 11.5 Å². The number of hydrogen-bond acceptors (Lipinski definition) is 5. The van der Waals surface area contributed by atoms with Gasteiger partial charge in [-0.3, -0.25) is 4.79 Å². The van der Waals surface area contributed by atoms with Crippen molar-refractivity contribution in [2.45, 2.75) is 13.3 Å². The van der Waals surface area contributed by atoms with Crippen molar-refractivity contribution >= 4 is 27.7 Å². The Morgan fingerprint density at radius 2 is 2.05 bits per heavy atom. The number of carbonyl (C=O) groups is 2. The lowest BCUT2D eigenvalue weighted by atomic mass is 10.1. The molecular weight excluding hydrogens is 316 g/mol. The highest BCUT2D eigenvalue weighted by molar-refractivity contribution is 9.10. The quantitative estimate of drug-likeness (QED) is 0.484. The summed E-state index contributed by atoms with van der Waals surface area (Å²) in [6, 6.07) is 3.35. The van der Waals surface area contributed by atoms with Gasteiger partial charge in [-0.05, 0) is 35.0 Å². The second-order valence-corrected chi connectivity index (χ2v) is 4.70. The van der Waals surface area contributed by atoms with Gasteiger partial charge in [0.2, 0.25) is 0 Å². The van der Waals surface area contributed by atoms with Crippen LogP contribution in [0.2, 0.25) is 0 Å². The third-order valence-electron chi connectivity index (χ3n) is 2.55. The number of Topliss-reactive ketones (excluding diaryl/α,β-unsaturated/α-hetero) is 1. The van der Waals surface area contributed by atoms with Gasteiger partial charge in [-0.25, -0.2) is 4.79 Å². The Morgan fingerprint density at radius 1 is 1.32 bits per heavy atom. The van der Waals surface area contributed by atoms with Gasteiger partial charge in [0, 0.05) is 10.9 Å². The zero-order valence-corrected chi connectivity index (χ0v) is 12.0. The molecule has 0 aliphatic carbocycles. The van der Waals surface area contributed by atoms with E-state index >= 15 is 0 Å². The van der Waals surface area contributed by atoms with Crippen molar-refractivity contribution in [3.05, 3.63) is 22.2 Å². The van der Waals surface area contributed by atoms with Crippen molar-refractivity contribution < 1.29 is 23.8 Å². The summed E-state index contributed by atoms with van der Waals surface area (Å²) in [6.07, 6.45) is 0.722. The largest absolute Gasteiger partial charge is 0.490 e. The number of ether oxygens (including phenoxy) is 3. The van der Waals surface area contributed by atoms with Crippen LogP contribution >= 0.6 is 15.9 Å². The fourth-order valence-electron chi connectivity index (χ4n) is 1.72. The minimum Gasteiger partial charge on any atom is -0.490 e. The first-order valence-corrected chi connectivity index (χ1v) is 6.74. The Morgan fingerprint density at radius 3 is 2.79 bits per heavy atom. The molecule has 0 bridgehead atoms. The highest BCUT2D eigenvalue weighted by Crippen LogP contribution is 2.38. The van der Waals surface area contributed by atoms with Gasteiger partial charge in [0.15, 0.2) is 11.5 Å². The Labute approximate surface area is 119 Å². The molecule has 1 aromatic rings. The maximum atomic E-state index is 12.1. The summed E-state index contributed by atoms with van der Waals surface area (Å²) in [4.78, 5) is 23.7. The maximum Gasteiger partial charge on any atom is 0.379 e. The van der Waals surface area contributed by atoms with Crippen molar-refractivity contribution in [1.29, 1.82) is 0 Å². The van der Waals surface area contributed by atoms with Crippen LogP contribution in [0.3, 0.4) is 0 Å². The monoisotopic (exact) mass is 328 g/mol. The molecule has 0 spiro atoms. The summed E-state index contributed by atoms with van der Waals surface area (Å²) in [7, 11) is 0. The van der Waals surface area contributed by atoms with Crippen LogP contribution in [0.25, 0.3) is 0 Å². The normalized spacial score (nSPS) is 13.6. The van der Waals surface area contributed by atoms with Crippen LogP contribution in [0.4, 0.5) is 0 Å². The Bertz CT molecular complexity index is 512. The highest BCUT2D eigenvalue weighted by Gasteiger charge is 2.28. The number of halogens is 1. The van der Waals surface area contributed by atoms with E-state index in [0.29, 0.717) is 29.2 Å². The molecule has 0 N–H and O–H groups in total. The van der Waals surface area contributed by atoms with E-state index in [4.69, 9.17) is 14.2 Å². The van der Waals surface area contributed by atoms with E-state index in [2.05, 4.69) is 15.9 Å². The molecule has 0 fully saturated rings. The van der Waals surface area contributed by atoms with Crippen LogP contribution in [0.5, 0.6) is 11.5 Å². The lowest BCUT2D eigenvalue weighted by Gasteiger charge is -2.12. The van der Waals surface area contributed by atoms with Crippen molar-refractivity contribution in [2.75, 3.05) is 19.8 Å². The van der Waals surface area contributed by atoms with Crippen LogP contribution < -0.4 is 9.47 Å². The van der Waals surface area contributed by atoms with Gasteiger partial charge < -0.3 is 14.2 Å². The van der Waals surface area contributed by atoms with Gasteiger partial charge in [0.25, 0.3) is 5.78 Å². The van der Waals surface area contributed by atoms with Crippen LogP contribution in [0.15, 0.2) is 16.6 Å².